The molecule has 0 atom stereocenters. The number of ketones is 1. The Morgan fingerprint density at radius 2 is 1.96 bits per heavy atom. The molecular weight excluding hydrogens is 375 g/mol. The van der Waals surface area contributed by atoms with Crippen LogP contribution in [0.25, 0.3) is 17.3 Å². The van der Waals surface area contributed by atoms with E-state index in [2.05, 4.69) is 10.2 Å². The number of hydrogen-bond donors (Lipinski definition) is 2. The van der Waals surface area contributed by atoms with E-state index in [4.69, 9.17) is 27.9 Å². The Hall–Kier alpha value is -2.76. The van der Waals surface area contributed by atoms with Crippen molar-refractivity contribution in [3.8, 4) is 22.8 Å². The molecule has 0 radical (unpaired) electrons. The average Bonchev–Trinajstić information content (AvgIpc) is 3.11. The summed E-state index contributed by atoms with van der Waals surface area (Å²) in [6.45, 7) is 0. The van der Waals surface area contributed by atoms with Gasteiger partial charge in [-0.2, -0.15) is 5.10 Å². The number of aromatic nitrogens is 2. The van der Waals surface area contributed by atoms with E-state index in [1.165, 1.54) is 25.3 Å². The number of carbonyl (C=O) groups is 1. The standard InChI is InChI=1S/C19H14Cl2N2O3/c1-26-19-7-3-12(9-18(19)25)17(24)6-4-13-10-16(23-22-13)11-2-5-14(20)15(21)8-11/h2-10,25H,1H3,(H,22,23). The van der Waals surface area contributed by atoms with Gasteiger partial charge in [0.15, 0.2) is 17.3 Å². The summed E-state index contributed by atoms with van der Waals surface area (Å²) >= 11 is 11.9. The number of aromatic amines is 1. The first kappa shape index (κ1) is 18.0. The van der Waals surface area contributed by atoms with E-state index in [1.54, 1.807) is 30.3 Å². The molecule has 3 rings (SSSR count). The molecule has 0 aliphatic heterocycles. The molecule has 7 heteroatoms. The van der Waals surface area contributed by atoms with Gasteiger partial charge in [-0.05, 0) is 48.6 Å². The second-order valence-corrected chi connectivity index (χ2v) is 6.24. The molecule has 1 heterocycles. The van der Waals surface area contributed by atoms with Crippen LogP contribution in [0, 0.1) is 0 Å². The van der Waals surface area contributed by atoms with Gasteiger partial charge in [0.1, 0.15) is 0 Å². The summed E-state index contributed by atoms with van der Waals surface area (Å²) < 4.78 is 4.96. The lowest BCUT2D eigenvalue weighted by Crippen LogP contribution is -1.94. The van der Waals surface area contributed by atoms with Gasteiger partial charge in [0.2, 0.25) is 0 Å². The second-order valence-electron chi connectivity index (χ2n) is 5.42. The maximum absolute atomic E-state index is 12.2. The Morgan fingerprint density at radius 3 is 2.65 bits per heavy atom. The molecule has 0 unspecified atom stereocenters. The zero-order chi connectivity index (χ0) is 18.7. The van der Waals surface area contributed by atoms with Gasteiger partial charge < -0.3 is 9.84 Å². The third-order valence-electron chi connectivity index (χ3n) is 3.69. The molecule has 5 nitrogen and oxygen atoms in total. The topological polar surface area (TPSA) is 75.2 Å². The molecule has 2 aromatic carbocycles. The van der Waals surface area contributed by atoms with Crippen molar-refractivity contribution < 1.29 is 14.6 Å². The molecule has 0 saturated carbocycles. The van der Waals surface area contributed by atoms with Crippen LogP contribution in [0.5, 0.6) is 11.5 Å². The molecule has 0 fully saturated rings. The highest BCUT2D eigenvalue weighted by atomic mass is 35.5. The number of benzene rings is 2. The molecule has 0 saturated heterocycles. The Labute approximate surface area is 159 Å². The Bertz CT molecular complexity index is 996. The van der Waals surface area contributed by atoms with Gasteiger partial charge in [0.05, 0.1) is 28.5 Å². The number of phenolic OH excluding ortho intramolecular Hbond substituents is 1. The number of phenols is 1. The van der Waals surface area contributed by atoms with Crippen LogP contribution in [0.3, 0.4) is 0 Å². The largest absolute Gasteiger partial charge is 0.504 e. The van der Waals surface area contributed by atoms with Crippen molar-refractivity contribution in [3.05, 3.63) is 69.8 Å². The number of ether oxygens (including phenoxy) is 1. The molecule has 2 N–H and O–H groups in total. The molecule has 1 aromatic heterocycles. The van der Waals surface area contributed by atoms with E-state index in [0.717, 1.165) is 5.56 Å². The van der Waals surface area contributed by atoms with Crippen LogP contribution < -0.4 is 4.74 Å². The monoisotopic (exact) mass is 388 g/mol. The predicted octanol–water partition coefficient (Wildman–Crippen LogP) is 4.99. The average molecular weight is 389 g/mol. The number of methoxy groups -OCH3 is 1. The lowest BCUT2D eigenvalue weighted by Gasteiger charge is -2.03. The summed E-state index contributed by atoms with van der Waals surface area (Å²) in [7, 11) is 1.44. The number of allylic oxidation sites excluding steroid dienone is 1. The van der Waals surface area contributed by atoms with Crippen molar-refractivity contribution in [3.63, 3.8) is 0 Å². The first-order valence-electron chi connectivity index (χ1n) is 7.58. The van der Waals surface area contributed by atoms with Crippen molar-refractivity contribution in [1.29, 1.82) is 0 Å². The van der Waals surface area contributed by atoms with E-state index >= 15 is 0 Å². The number of halogens is 2. The van der Waals surface area contributed by atoms with Crippen LogP contribution in [0.4, 0.5) is 0 Å². The van der Waals surface area contributed by atoms with Crippen molar-refractivity contribution in [2.75, 3.05) is 7.11 Å². The van der Waals surface area contributed by atoms with Crippen LogP contribution in [0.2, 0.25) is 10.0 Å². The SMILES string of the molecule is COc1ccc(C(=O)C=Cc2cc(-c3ccc(Cl)c(Cl)c3)n[nH]2)cc1O. The van der Waals surface area contributed by atoms with E-state index in [1.807, 2.05) is 6.07 Å². The molecule has 0 aliphatic rings. The summed E-state index contributed by atoms with van der Waals surface area (Å²) in [5.41, 5.74) is 2.49. The van der Waals surface area contributed by atoms with Crippen LogP contribution in [-0.4, -0.2) is 28.2 Å². The number of hydrogen-bond acceptors (Lipinski definition) is 4. The van der Waals surface area contributed by atoms with E-state index in [9.17, 15) is 9.90 Å². The third-order valence-corrected chi connectivity index (χ3v) is 4.43. The van der Waals surface area contributed by atoms with Gasteiger partial charge in [0.25, 0.3) is 0 Å². The maximum atomic E-state index is 12.2. The molecule has 3 aromatic rings. The van der Waals surface area contributed by atoms with E-state index < -0.39 is 0 Å². The number of H-pyrrole nitrogens is 1. The lowest BCUT2D eigenvalue weighted by atomic mass is 10.1. The Kier molecular flexibility index (Phi) is 5.30. The smallest absolute Gasteiger partial charge is 0.186 e. The minimum atomic E-state index is -0.256. The highest BCUT2D eigenvalue weighted by molar-refractivity contribution is 6.42. The van der Waals surface area contributed by atoms with Gasteiger partial charge in [-0.1, -0.05) is 29.3 Å². The van der Waals surface area contributed by atoms with Crippen molar-refractivity contribution in [2.24, 2.45) is 0 Å². The first-order valence-corrected chi connectivity index (χ1v) is 8.34. The first-order chi connectivity index (χ1) is 12.5. The minimum Gasteiger partial charge on any atom is -0.504 e. The van der Waals surface area contributed by atoms with Gasteiger partial charge in [-0.3, -0.25) is 9.89 Å². The Morgan fingerprint density at radius 1 is 1.15 bits per heavy atom. The fourth-order valence-corrected chi connectivity index (χ4v) is 2.63. The maximum Gasteiger partial charge on any atom is 0.186 e. The molecule has 132 valence electrons. The third kappa shape index (κ3) is 3.90. The quantitative estimate of drug-likeness (QED) is 0.476. The van der Waals surface area contributed by atoms with Crippen LogP contribution >= 0.6 is 23.2 Å². The van der Waals surface area contributed by atoms with Crippen LogP contribution in [0.1, 0.15) is 16.1 Å². The van der Waals surface area contributed by atoms with Gasteiger partial charge in [-0.15, -0.1) is 0 Å². The van der Waals surface area contributed by atoms with Crippen molar-refractivity contribution in [1.82, 2.24) is 10.2 Å². The summed E-state index contributed by atoms with van der Waals surface area (Å²) in [6, 6.07) is 11.5. The predicted molar refractivity (Wildman–Crippen MR) is 102 cm³/mol. The number of carbonyl (C=O) groups excluding carboxylic acids is 1. The summed E-state index contributed by atoms with van der Waals surface area (Å²) in [5, 5.41) is 17.7. The van der Waals surface area contributed by atoms with Crippen LogP contribution in [0.15, 0.2) is 48.5 Å². The lowest BCUT2D eigenvalue weighted by molar-refractivity contribution is 0.104. The van der Waals surface area contributed by atoms with E-state index in [-0.39, 0.29) is 11.5 Å². The van der Waals surface area contributed by atoms with Crippen LogP contribution in [-0.2, 0) is 0 Å². The summed E-state index contributed by atoms with van der Waals surface area (Å²) in [6.07, 6.45) is 3.00. The zero-order valence-electron chi connectivity index (χ0n) is 13.7. The normalized spacial score (nSPS) is 11.0. The number of nitrogens with zero attached hydrogens (tertiary/aromatic N) is 1. The molecule has 26 heavy (non-hydrogen) atoms. The highest BCUT2D eigenvalue weighted by Gasteiger charge is 2.08. The second kappa shape index (κ2) is 7.64. The molecule has 0 amide bonds. The fourth-order valence-electron chi connectivity index (χ4n) is 2.33. The Balaban J connectivity index is 1.76. The van der Waals surface area contributed by atoms with E-state index in [0.29, 0.717) is 32.7 Å². The van der Waals surface area contributed by atoms with Gasteiger partial charge in [-0.25, -0.2) is 0 Å². The highest BCUT2D eigenvalue weighted by Crippen LogP contribution is 2.28. The molecule has 0 aliphatic carbocycles. The van der Waals surface area contributed by atoms with Gasteiger partial charge in [0, 0.05) is 11.1 Å². The number of nitrogens with one attached hydrogen (secondary N) is 1. The van der Waals surface area contributed by atoms with Crippen molar-refractivity contribution >= 4 is 35.1 Å². The number of aromatic hydroxyl groups is 1. The van der Waals surface area contributed by atoms with Crippen molar-refractivity contribution in [2.45, 2.75) is 0 Å². The summed E-state index contributed by atoms with van der Waals surface area (Å²) in [4.78, 5) is 12.2. The molecule has 0 bridgehead atoms. The minimum absolute atomic E-state index is 0.0878. The molecule has 0 spiro atoms. The summed E-state index contributed by atoms with van der Waals surface area (Å²) in [5.74, 6) is -0.0331. The van der Waals surface area contributed by atoms with Gasteiger partial charge >= 0.3 is 0 Å². The number of rotatable bonds is 5. The zero-order valence-corrected chi connectivity index (χ0v) is 15.2. The molecular formula is C19H14Cl2N2O3. The fraction of sp³-hybridized carbons (Fsp3) is 0.0526.